The zero-order valence-electron chi connectivity index (χ0n) is 10.1. The first-order valence-corrected chi connectivity index (χ1v) is 7.66. The molecule has 0 bridgehead atoms. The van der Waals surface area contributed by atoms with E-state index in [2.05, 4.69) is 19.8 Å². The molecule has 1 aromatic heterocycles. The van der Waals surface area contributed by atoms with Gasteiger partial charge in [0.1, 0.15) is 0 Å². The molecular formula is C9H15N3O4S2. The third-order valence-electron chi connectivity index (χ3n) is 2.06. The minimum Gasteiger partial charge on any atom is -0.469 e. The molecule has 0 spiro atoms. The van der Waals surface area contributed by atoms with Gasteiger partial charge in [-0.15, -0.1) is 11.3 Å². The van der Waals surface area contributed by atoms with Gasteiger partial charge in [-0.2, -0.15) is 0 Å². The summed E-state index contributed by atoms with van der Waals surface area (Å²) in [7, 11) is -0.531. The quantitative estimate of drug-likeness (QED) is 0.677. The fourth-order valence-corrected chi connectivity index (χ4v) is 2.40. The van der Waals surface area contributed by atoms with E-state index in [9.17, 15) is 13.2 Å². The molecule has 2 N–H and O–H groups in total. The van der Waals surface area contributed by atoms with Gasteiger partial charge >= 0.3 is 5.97 Å². The topological polar surface area (TPSA) is 97.4 Å². The smallest absolute Gasteiger partial charge is 0.311 e. The molecular weight excluding hydrogens is 278 g/mol. The third kappa shape index (κ3) is 4.98. The van der Waals surface area contributed by atoms with E-state index in [1.54, 1.807) is 5.38 Å². The maximum atomic E-state index is 11.1. The van der Waals surface area contributed by atoms with Crippen LogP contribution in [0.4, 0.5) is 5.13 Å². The highest BCUT2D eigenvalue weighted by Gasteiger charge is 2.09. The van der Waals surface area contributed by atoms with E-state index in [4.69, 9.17) is 0 Å². The molecule has 0 aromatic carbocycles. The van der Waals surface area contributed by atoms with Crippen LogP contribution in [0.15, 0.2) is 5.38 Å². The highest BCUT2D eigenvalue weighted by molar-refractivity contribution is 7.89. The number of esters is 1. The fraction of sp³-hybridized carbons (Fsp3) is 0.556. The molecule has 1 rings (SSSR count). The molecule has 0 aliphatic carbocycles. The Morgan fingerprint density at radius 3 is 2.89 bits per heavy atom. The van der Waals surface area contributed by atoms with Gasteiger partial charge in [0, 0.05) is 11.9 Å². The molecule has 102 valence electrons. The number of nitrogens with zero attached hydrogens (tertiary/aromatic N) is 1. The summed E-state index contributed by atoms with van der Waals surface area (Å²) in [5.41, 5.74) is 0.603. The van der Waals surface area contributed by atoms with Gasteiger partial charge in [0.15, 0.2) is 5.13 Å². The van der Waals surface area contributed by atoms with Crippen LogP contribution >= 0.6 is 11.3 Å². The van der Waals surface area contributed by atoms with E-state index in [0.29, 0.717) is 10.8 Å². The van der Waals surface area contributed by atoms with Crippen LogP contribution < -0.4 is 10.0 Å². The SMILES string of the molecule is CNS(=O)(=O)CCNc1nc(CC(=O)OC)cs1. The number of aromatic nitrogens is 1. The standard InChI is InChI=1S/C9H15N3O4S2/c1-10-18(14,15)4-3-11-9-12-7(6-17-9)5-8(13)16-2/h6,10H,3-5H2,1-2H3,(H,11,12). The molecule has 1 heterocycles. The lowest BCUT2D eigenvalue weighted by Crippen LogP contribution is -2.26. The Morgan fingerprint density at radius 1 is 1.56 bits per heavy atom. The Balaban J connectivity index is 2.43. The molecule has 0 fully saturated rings. The fourth-order valence-electron chi connectivity index (χ4n) is 1.08. The molecule has 1 aromatic rings. The van der Waals surface area contributed by atoms with E-state index < -0.39 is 10.0 Å². The molecule has 0 saturated heterocycles. The third-order valence-corrected chi connectivity index (χ3v) is 4.28. The monoisotopic (exact) mass is 293 g/mol. The number of carbonyl (C=O) groups excluding carboxylic acids is 1. The molecule has 0 saturated carbocycles. The van der Waals surface area contributed by atoms with Crippen molar-refractivity contribution in [3.05, 3.63) is 11.1 Å². The first-order chi connectivity index (χ1) is 8.46. The second-order valence-electron chi connectivity index (χ2n) is 3.35. The van der Waals surface area contributed by atoms with Crippen molar-refractivity contribution >= 4 is 32.5 Å². The lowest BCUT2D eigenvalue weighted by molar-refractivity contribution is -0.139. The Kier molecular flexibility index (Phi) is 5.51. The molecule has 0 aliphatic rings. The van der Waals surface area contributed by atoms with Crippen LogP contribution in [0.25, 0.3) is 0 Å². The van der Waals surface area contributed by atoms with Crippen LogP contribution in [0.1, 0.15) is 5.69 Å². The number of hydrogen-bond donors (Lipinski definition) is 2. The van der Waals surface area contributed by atoms with Crippen LogP contribution in [0.3, 0.4) is 0 Å². The van der Waals surface area contributed by atoms with Gasteiger partial charge in [-0.25, -0.2) is 18.1 Å². The number of sulfonamides is 1. The normalized spacial score (nSPS) is 11.2. The average molecular weight is 293 g/mol. The summed E-state index contributed by atoms with van der Waals surface area (Å²) in [4.78, 5) is 15.1. The largest absolute Gasteiger partial charge is 0.469 e. The second kappa shape index (κ2) is 6.66. The van der Waals surface area contributed by atoms with Gasteiger partial charge in [0.2, 0.25) is 10.0 Å². The van der Waals surface area contributed by atoms with Crippen molar-refractivity contribution in [2.75, 3.05) is 31.8 Å². The van der Waals surface area contributed by atoms with Crippen molar-refractivity contribution < 1.29 is 17.9 Å². The number of rotatable bonds is 7. The summed E-state index contributed by atoms with van der Waals surface area (Å²) >= 11 is 1.31. The number of thiazole rings is 1. The number of carbonyl (C=O) groups is 1. The summed E-state index contributed by atoms with van der Waals surface area (Å²) in [6.45, 7) is 0.258. The Morgan fingerprint density at radius 2 is 2.28 bits per heavy atom. The maximum Gasteiger partial charge on any atom is 0.311 e. The van der Waals surface area contributed by atoms with Gasteiger partial charge in [0.25, 0.3) is 0 Å². The van der Waals surface area contributed by atoms with Crippen molar-refractivity contribution in [1.82, 2.24) is 9.71 Å². The summed E-state index contributed by atoms with van der Waals surface area (Å²) in [5, 5.41) is 5.19. The molecule has 0 aliphatic heterocycles. The highest BCUT2D eigenvalue weighted by atomic mass is 32.2. The zero-order valence-corrected chi connectivity index (χ0v) is 11.7. The maximum absolute atomic E-state index is 11.1. The van der Waals surface area contributed by atoms with Crippen LogP contribution in [0, 0.1) is 0 Å². The molecule has 0 atom stereocenters. The Bertz CT molecular complexity index is 498. The Hall–Kier alpha value is -1.19. The molecule has 9 heteroatoms. The van der Waals surface area contributed by atoms with Gasteiger partial charge < -0.3 is 10.1 Å². The second-order valence-corrected chi connectivity index (χ2v) is 6.25. The predicted molar refractivity (Wildman–Crippen MR) is 69.2 cm³/mol. The van der Waals surface area contributed by atoms with Gasteiger partial charge in [0.05, 0.1) is 25.0 Å². The van der Waals surface area contributed by atoms with Crippen LogP contribution in [-0.4, -0.2) is 45.8 Å². The molecule has 0 amide bonds. The van der Waals surface area contributed by atoms with Gasteiger partial charge in [-0.1, -0.05) is 0 Å². The molecule has 0 radical (unpaired) electrons. The Labute approximate surface area is 110 Å². The van der Waals surface area contributed by atoms with Crippen molar-refractivity contribution in [3.8, 4) is 0 Å². The molecule has 0 unspecified atom stereocenters. The van der Waals surface area contributed by atoms with E-state index in [1.165, 1.54) is 25.5 Å². The van der Waals surface area contributed by atoms with Crippen molar-refractivity contribution in [1.29, 1.82) is 0 Å². The number of ether oxygens (including phenoxy) is 1. The first kappa shape index (κ1) is 14.9. The predicted octanol–water partition coefficient (Wildman–Crippen LogP) is -0.180. The number of nitrogens with one attached hydrogen (secondary N) is 2. The first-order valence-electron chi connectivity index (χ1n) is 5.13. The van der Waals surface area contributed by atoms with Crippen LogP contribution in [0.2, 0.25) is 0 Å². The highest BCUT2D eigenvalue weighted by Crippen LogP contribution is 2.15. The van der Waals surface area contributed by atoms with Crippen molar-refractivity contribution in [2.45, 2.75) is 6.42 Å². The van der Waals surface area contributed by atoms with Crippen molar-refractivity contribution in [2.24, 2.45) is 0 Å². The minimum absolute atomic E-state index is 0.0323. The van der Waals surface area contributed by atoms with Gasteiger partial charge in [-0.05, 0) is 7.05 Å². The van der Waals surface area contributed by atoms with Gasteiger partial charge in [-0.3, -0.25) is 4.79 Å². The van der Waals surface area contributed by atoms with E-state index in [1.807, 2.05) is 0 Å². The number of hydrogen-bond acceptors (Lipinski definition) is 7. The summed E-state index contributed by atoms with van der Waals surface area (Å²) in [6, 6.07) is 0. The van der Waals surface area contributed by atoms with Crippen molar-refractivity contribution in [3.63, 3.8) is 0 Å². The number of anilines is 1. The minimum atomic E-state index is -3.22. The van der Waals surface area contributed by atoms with E-state index in [0.717, 1.165) is 0 Å². The van der Waals surface area contributed by atoms with E-state index >= 15 is 0 Å². The van der Waals surface area contributed by atoms with Crippen LogP contribution in [-0.2, 0) is 26.0 Å². The zero-order chi connectivity index (χ0) is 13.6. The molecule has 7 nitrogen and oxygen atoms in total. The number of methoxy groups -OCH3 is 1. The summed E-state index contributed by atoms with van der Waals surface area (Å²) in [6.07, 6.45) is 0.115. The van der Waals surface area contributed by atoms with Crippen LogP contribution in [0.5, 0.6) is 0 Å². The lowest BCUT2D eigenvalue weighted by Gasteiger charge is -2.03. The molecule has 18 heavy (non-hydrogen) atoms. The van der Waals surface area contributed by atoms with E-state index in [-0.39, 0.29) is 24.7 Å². The summed E-state index contributed by atoms with van der Waals surface area (Å²) in [5.74, 6) is -0.389. The lowest BCUT2D eigenvalue weighted by atomic mass is 10.3. The summed E-state index contributed by atoms with van der Waals surface area (Å²) < 4.78 is 29.0. The average Bonchev–Trinajstić information content (AvgIpc) is 2.76.